The number of pyridine rings is 1. The highest BCUT2D eigenvalue weighted by molar-refractivity contribution is 5.68. The highest BCUT2D eigenvalue weighted by Crippen LogP contribution is 2.08. The van der Waals surface area contributed by atoms with Crippen LogP contribution in [0.2, 0.25) is 0 Å². The molecule has 1 rings (SSSR count). The van der Waals surface area contributed by atoms with Gasteiger partial charge in [-0.3, -0.25) is 4.98 Å². The first-order valence-corrected chi connectivity index (χ1v) is 3.13. The zero-order valence-corrected chi connectivity index (χ0v) is 6.03. The quantitative estimate of drug-likeness (QED) is 0.726. The van der Waals surface area contributed by atoms with E-state index in [1.165, 1.54) is 6.20 Å². The molecule has 0 aliphatic heterocycles. The minimum Gasteiger partial charge on any atom is -0.480 e. The fourth-order valence-corrected chi connectivity index (χ4v) is 0.616. The maximum atomic E-state index is 12.4. The number of rotatable bonds is 3. The molecule has 0 radical (unpaired) electrons. The molecule has 0 aromatic carbocycles. The molecule has 1 aromatic heterocycles. The SMILES string of the molecule is O=C(O)COc1cncc(F)c1. The van der Waals surface area contributed by atoms with Crippen molar-refractivity contribution in [2.75, 3.05) is 6.61 Å². The lowest BCUT2D eigenvalue weighted by Gasteiger charge is -2.00. The van der Waals surface area contributed by atoms with Crippen molar-refractivity contribution < 1.29 is 19.0 Å². The van der Waals surface area contributed by atoms with Crippen LogP contribution in [0.3, 0.4) is 0 Å². The second-order valence-corrected chi connectivity index (χ2v) is 2.02. The van der Waals surface area contributed by atoms with Gasteiger partial charge >= 0.3 is 5.97 Å². The van der Waals surface area contributed by atoms with Gasteiger partial charge < -0.3 is 9.84 Å². The van der Waals surface area contributed by atoms with Crippen LogP contribution in [0.15, 0.2) is 18.5 Å². The molecular formula is C7H6FNO3. The van der Waals surface area contributed by atoms with Gasteiger partial charge in [-0.15, -0.1) is 0 Å². The summed E-state index contributed by atoms with van der Waals surface area (Å²) < 4.78 is 17.0. The molecule has 0 aliphatic rings. The fourth-order valence-electron chi connectivity index (χ4n) is 0.616. The van der Waals surface area contributed by atoms with E-state index in [0.29, 0.717) is 0 Å². The first-order chi connectivity index (χ1) is 5.68. The van der Waals surface area contributed by atoms with Gasteiger partial charge in [0.2, 0.25) is 0 Å². The van der Waals surface area contributed by atoms with Crippen molar-refractivity contribution in [1.82, 2.24) is 4.98 Å². The molecule has 12 heavy (non-hydrogen) atoms. The topological polar surface area (TPSA) is 59.4 Å². The molecule has 0 unspecified atom stereocenters. The number of hydrogen-bond donors (Lipinski definition) is 1. The van der Waals surface area contributed by atoms with E-state index in [4.69, 9.17) is 5.11 Å². The molecule has 0 atom stereocenters. The van der Waals surface area contributed by atoms with E-state index in [-0.39, 0.29) is 5.75 Å². The predicted octanol–water partition coefficient (Wildman–Crippen LogP) is 0.684. The van der Waals surface area contributed by atoms with E-state index in [2.05, 4.69) is 9.72 Å². The van der Waals surface area contributed by atoms with Gasteiger partial charge in [-0.1, -0.05) is 0 Å². The molecule has 1 heterocycles. The third kappa shape index (κ3) is 2.53. The Bertz CT molecular complexity index is 290. The highest BCUT2D eigenvalue weighted by Gasteiger charge is 1.99. The molecule has 1 N–H and O–H groups in total. The van der Waals surface area contributed by atoms with E-state index in [1.807, 2.05) is 0 Å². The van der Waals surface area contributed by atoms with Gasteiger partial charge in [0.25, 0.3) is 0 Å². The lowest BCUT2D eigenvalue weighted by Crippen LogP contribution is -2.09. The number of nitrogens with zero attached hydrogens (tertiary/aromatic N) is 1. The van der Waals surface area contributed by atoms with Crippen LogP contribution >= 0.6 is 0 Å². The maximum absolute atomic E-state index is 12.4. The Kier molecular flexibility index (Phi) is 2.57. The van der Waals surface area contributed by atoms with Crippen molar-refractivity contribution >= 4 is 5.97 Å². The highest BCUT2D eigenvalue weighted by atomic mass is 19.1. The van der Waals surface area contributed by atoms with Gasteiger partial charge in [0.1, 0.15) is 11.6 Å². The van der Waals surface area contributed by atoms with Crippen molar-refractivity contribution in [3.05, 3.63) is 24.3 Å². The second-order valence-electron chi connectivity index (χ2n) is 2.02. The molecule has 5 heteroatoms. The molecule has 1 aromatic rings. The second kappa shape index (κ2) is 3.66. The Morgan fingerprint density at radius 2 is 2.42 bits per heavy atom. The molecule has 0 saturated heterocycles. The van der Waals surface area contributed by atoms with Crippen molar-refractivity contribution in [3.8, 4) is 5.75 Å². The number of carbonyl (C=O) groups is 1. The monoisotopic (exact) mass is 171 g/mol. The summed E-state index contributed by atoms with van der Waals surface area (Å²) in [5.74, 6) is -1.56. The molecule has 0 aliphatic carbocycles. The molecule has 4 nitrogen and oxygen atoms in total. The molecule has 0 amide bonds. The molecule has 0 saturated carbocycles. The summed E-state index contributed by atoms with van der Waals surface area (Å²) in [6.07, 6.45) is 2.25. The van der Waals surface area contributed by atoms with Crippen LogP contribution < -0.4 is 4.74 Å². The number of carboxylic acid groups (broad SMARTS) is 1. The van der Waals surface area contributed by atoms with E-state index in [9.17, 15) is 9.18 Å². The zero-order valence-electron chi connectivity index (χ0n) is 6.03. The zero-order chi connectivity index (χ0) is 8.97. The van der Waals surface area contributed by atoms with Crippen molar-refractivity contribution in [2.45, 2.75) is 0 Å². The van der Waals surface area contributed by atoms with E-state index in [0.717, 1.165) is 12.3 Å². The average molecular weight is 171 g/mol. The largest absolute Gasteiger partial charge is 0.480 e. The summed E-state index contributed by atoms with van der Waals surface area (Å²) in [6, 6.07) is 1.07. The normalized spacial score (nSPS) is 9.42. The van der Waals surface area contributed by atoms with Gasteiger partial charge in [-0.05, 0) is 0 Å². The molecular weight excluding hydrogens is 165 g/mol. The van der Waals surface area contributed by atoms with Crippen LogP contribution in [0, 0.1) is 5.82 Å². The first-order valence-electron chi connectivity index (χ1n) is 3.13. The maximum Gasteiger partial charge on any atom is 0.341 e. The predicted molar refractivity (Wildman–Crippen MR) is 37.3 cm³/mol. The lowest BCUT2D eigenvalue weighted by atomic mass is 10.4. The molecule has 0 bridgehead atoms. The number of aliphatic carboxylic acids is 1. The number of hydrogen-bond acceptors (Lipinski definition) is 3. The number of carboxylic acids is 1. The minimum absolute atomic E-state index is 0.109. The summed E-state index contributed by atoms with van der Waals surface area (Å²) in [4.78, 5) is 13.5. The van der Waals surface area contributed by atoms with E-state index in [1.54, 1.807) is 0 Å². The fraction of sp³-hybridized carbons (Fsp3) is 0.143. The van der Waals surface area contributed by atoms with Gasteiger partial charge in [0.15, 0.2) is 6.61 Å². The van der Waals surface area contributed by atoms with Crippen LogP contribution in [0.4, 0.5) is 4.39 Å². The molecule has 0 fully saturated rings. The van der Waals surface area contributed by atoms with Gasteiger partial charge in [-0.2, -0.15) is 0 Å². The van der Waals surface area contributed by atoms with Gasteiger partial charge in [0, 0.05) is 6.07 Å². The van der Waals surface area contributed by atoms with Crippen molar-refractivity contribution in [2.24, 2.45) is 0 Å². The summed E-state index contributed by atoms with van der Waals surface area (Å²) in [7, 11) is 0. The van der Waals surface area contributed by atoms with Crippen LogP contribution in [0.25, 0.3) is 0 Å². The summed E-state index contributed by atoms with van der Waals surface area (Å²) in [5.41, 5.74) is 0. The van der Waals surface area contributed by atoms with Gasteiger partial charge in [0.05, 0.1) is 12.4 Å². The van der Waals surface area contributed by atoms with Crippen LogP contribution in [-0.2, 0) is 4.79 Å². The summed E-state index contributed by atoms with van der Waals surface area (Å²) in [6.45, 7) is -0.495. The van der Waals surface area contributed by atoms with Gasteiger partial charge in [-0.25, -0.2) is 9.18 Å². The van der Waals surface area contributed by atoms with Crippen LogP contribution in [0.1, 0.15) is 0 Å². The van der Waals surface area contributed by atoms with Crippen molar-refractivity contribution in [3.63, 3.8) is 0 Å². The first kappa shape index (κ1) is 8.45. The number of aromatic nitrogens is 1. The minimum atomic E-state index is -1.11. The summed E-state index contributed by atoms with van der Waals surface area (Å²) >= 11 is 0. The Hall–Kier alpha value is -1.65. The molecule has 64 valence electrons. The Morgan fingerprint density at radius 3 is 3.00 bits per heavy atom. The van der Waals surface area contributed by atoms with E-state index >= 15 is 0 Å². The third-order valence-electron chi connectivity index (χ3n) is 1.04. The third-order valence-corrected chi connectivity index (χ3v) is 1.04. The van der Waals surface area contributed by atoms with Crippen LogP contribution in [-0.4, -0.2) is 22.7 Å². The lowest BCUT2D eigenvalue weighted by molar-refractivity contribution is -0.139. The Morgan fingerprint density at radius 1 is 1.67 bits per heavy atom. The van der Waals surface area contributed by atoms with Crippen molar-refractivity contribution in [1.29, 1.82) is 0 Å². The Labute approximate surface area is 67.6 Å². The molecule has 0 spiro atoms. The Balaban J connectivity index is 2.57. The summed E-state index contributed by atoms with van der Waals surface area (Å²) in [5, 5.41) is 8.20. The smallest absolute Gasteiger partial charge is 0.341 e. The number of halogens is 1. The standard InChI is InChI=1S/C7H6FNO3/c8-5-1-6(3-9-2-5)12-4-7(10)11/h1-3H,4H2,(H,10,11). The van der Waals surface area contributed by atoms with Crippen LogP contribution in [0.5, 0.6) is 5.75 Å². The number of ether oxygens (including phenoxy) is 1. The average Bonchev–Trinajstić information content (AvgIpc) is 2.01. The van der Waals surface area contributed by atoms with E-state index < -0.39 is 18.4 Å².